The van der Waals surface area contributed by atoms with E-state index in [1.165, 1.54) is 6.07 Å². The molecule has 1 atom stereocenters. The molecule has 1 aromatic rings. The maximum Gasteiger partial charge on any atom is 0.332 e. The van der Waals surface area contributed by atoms with E-state index in [4.69, 9.17) is 10.2 Å². The number of carbonyl (C=O) groups is 2. The summed E-state index contributed by atoms with van der Waals surface area (Å²) in [6.45, 7) is -0.0949. The smallest absolute Gasteiger partial charge is 0.332 e. The number of aliphatic hydroxyl groups excluding tert-OH is 1. The summed E-state index contributed by atoms with van der Waals surface area (Å²) in [5.74, 6) is -3.68. The number of hydrogen-bond donors (Lipinski definition) is 3. The summed E-state index contributed by atoms with van der Waals surface area (Å²) in [6, 6.07) is 3.27. The normalized spacial score (nSPS) is 11.9. The minimum absolute atomic E-state index is 0.0949. The second-order valence-corrected chi connectivity index (χ2v) is 3.87. The summed E-state index contributed by atoms with van der Waals surface area (Å²) in [4.78, 5) is 21.7. The van der Waals surface area contributed by atoms with E-state index >= 15 is 0 Å². The fourth-order valence-corrected chi connectivity index (χ4v) is 1.40. The van der Waals surface area contributed by atoms with Crippen LogP contribution in [-0.2, 0) is 16.0 Å². The van der Waals surface area contributed by atoms with Crippen molar-refractivity contribution >= 4 is 11.9 Å². The van der Waals surface area contributed by atoms with Gasteiger partial charge in [0, 0.05) is 18.5 Å². The van der Waals surface area contributed by atoms with Crippen molar-refractivity contribution in [3.63, 3.8) is 0 Å². The van der Waals surface area contributed by atoms with Crippen molar-refractivity contribution in [3.8, 4) is 0 Å². The molecule has 0 saturated heterocycles. The van der Waals surface area contributed by atoms with Crippen LogP contribution in [0, 0.1) is 11.6 Å². The summed E-state index contributed by atoms with van der Waals surface area (Å²) in [5.41, 5.74) is -0.348. The van der Waals surface area contributed by atoms with Gasteiger partial charge < -0.3 is 15.5 Å². The lowest BCUT2D eigenvalue weighted by molar-refractivity contribution is -0.147. The first-order chi connectivity index (χ1) is 8.91. The second-order valence-electron chi connectivity index (χ2n) is 3.87. The average molecular weight is 273 g/mol. The van der Waals surface area contributed by atoms with Gasteiger partial charge in [-0.15, -0.1) is 0 Å². The van der Waals surface area contributed by atoms with Crippen LogP contribution < -0.4 is 5.32 Å². The van der Waals surface area contributed by atoms with Crippen LogP contribution in [0.5, 0.6) is 0 Å². The standard InChI is InChI=1S/C12H13F2NO4/c13-8-2-1-3-9(14)7(8)6-11(17)15-5-4-10(16)12(18)19/h1-3,10,16H,4-6H2,(H,15,17)(H,18,19)/t10-/m0/s1. The molecule has 0 unspecified atom stereocenters. The molecule has 3 N–H and O–H groups in total. The van der Waals surface area contributed by atoms with Gasteiger partial charge in [-0.1, -0.05) is 6.07 Å². The Labute approximate surface area is 107 Å². The van der Waals surface area contributed by atoms with Crippen LogP contribution in [-0.4, -0.2) is 34.7 Å². The van der Waals surface area contributed by atoms with Crippen molar-refractivity contribution in [2.75, 3.05) is 6.54 Å². The maximum atomic E-state index is 13.2. The van der Waals surface area contributed by atoms with Gasteiger partial charge in [-0.25, -0.2) is 13.6 Å². The van der Waals surface area contributed by atoms with E-state index < -0.39 is 36.0 Å². The first-order valence-electron chi connectivity index (χ1n) is 5.52. The Morgan fingerprint density at radius 3 is 2.37 bits per heavy atom. The minimum Gasteiger partial charge on any atom is -0.479 e. The number of aliphatic carboxylic acids is 1. The molecule has 104 valence electrons. The highest BCUT2D eigenvalue weighted by atomic mass is 19.1. The van der Waals surface area contributed by atoms with Gasteiger partial charge in [0.2, 0.25) is 5.91 Å². The number of carboxylic acid groups (broad SMARTS) is 1. The topological polar surface area (TPSA) is 86.6 Å². The summed E-state index contributed by atoms with van der Waals surface area (Å²) in [5, 5.41) is 19.6. The first kappa shape index (κ1) is 15.0. The van der Waals surface area contributed by atoms with E-state index in [9.17, 15) is 18.4 Å². The quantitative estimate of drug-likeness (QED) is 0.702. The van der Waals surface area contributed by atoms with Gasteiger partial charge >= 0.3 is 5.97 Å². The van der Waals surface area contributed by atoms with Gasteiger partial charge in [0.05, 0.1) is 6.42 Å². The van der Waals surface area contributed by atoms with Gasteiger partial charge in [0.15, 0.2) is 6.10 Å². The van der Waals surface area contributed by atoms with Crippen LogP contribution >= 0.6 is 0 Å². The first-order valence-corrected chi connectivity index (χ1v) is 5.52. The van der Waals surface area contributed by atoms with Crippen LogP contribution in [0.3, 0.4) is 0 Å². The van der Waals surface area contributed by atoms with Gasteiger partial charge in [0.25, 0.3) is 0 Å². The Hall–Kier alpha value is -2.02. The average Bonchev–Trinajstić information content (AvgIpc) is 2.33. The number of hydrogen-bond acceptors (Lipinski definition) is 3. The monoisotopic (exact) mass is 273 g/mol. The Morgan fingerprint density at radius 1 is 1.26 bits per heavy atom. The third kappa shape index (κ3) is 4.63. The van der Waals surface area contributed by atoms with Crippen LogP contribution in [0.1, 0.15) is 12.0 Å². The Bertz CT molecular complexity index is 459. The molecule has 0 aliphatic rings. The predicted octanol–water partition coefficient (Wildman–Crippen LogP) is 0.459. The van der Waals surface area contributed by atoms with Crippen molar-refractivity contribution in [2.24, 2.45) is 0 Å². The Morgan fingerprint density at radius 2 is 1.84 bits per heavy atom. The predicted molar refractivity (Wildman–Crippen MR) is 61.3 cm³/mol. The minimum atomic E-state index is -1.58. The highest BCUT2D eigenvalue weighted by molar-refractivity contribution is 5.78. The molecule has 0 heterocycles. The van der Waals surface area contributed by atoms with E-state index in [1.54, 1.807) is 0 Å². The van der Waals surface area contributed by atoms with E-state index in [2.05, 4.69) is 5.32 Å². The van der Waals surface area contributed by atoms with Gasteiger partial charge in [-0.3, -0.25) is 4.79 Å². The fourth-order valence-electron chi connectivity index (χ4n) is 1.40. The zero-order chi connectivity index (χ0) is 14.4. The van der Waals surface area contributed by atoms with Gasteiger partial charge in [-0.05, 0) is 12.1 Å². The Kier molecular flexibility index (Phi) is 5.37. The molecular weight excluding hydrogens is 260 g/mol. The number of carbonyl (C=O) groups excluding carboxylic acids is 1. The fraction of sp³-hybridized carbons (Fsp3) is 0.333. The lowest BCUT2D eigenvalue weighted by Gasteiger charge is -2.08. The number of benzene rings is 1. The molecule has 0 radical (unpaired) electrons. The third-order valence-electron chi connectivity index (χ3n) is 2.42. The molecule has 0 aliphatic heterocycles. The van der Waals surface area contributed by atoms with Crippen LogP contribution in [0.15, 0.2) is 18.2 Å². The number of amides is 1. The molecule has 19 heavy (non-hydrogen) atoms. The van der Waals surface area contributed by atoms with Crippen molar-refractivity contribution in [1.82, 2.24) is 5.32 Å². The molecule has 0 bridgehead atoms. The lowest BCUT2D eigenvalue weighted by Crippen LogP contribution is -2.31. The molecule has 0 spiro atoms. The molecule has 0 aliphatic carbocycles. The molecule has 7 heteroatoms. The highest BCUT2D eigenvalue weighted by Crippen LogP contribution is 2.12. The van der Waals surface area contributed by atoms with Crippen LogP contribution in [0.2, 0.25) is 0 Å². The number of carboxylic acids is 1. The summed E-state index contributed by atoms with van der Waals surface area (Å²) < 4.78 is 26.5. The molecule has 5 nitrogen and oxygen atoms in total. The SMILES string of the molecule is O=C(Cc1c(F)cccc1F)NCC[C@H](O)C(=O)O. The number of nitrogens with one attached hydrogen (secondary N) is 1. The van der Waals surface area contributed by atoms with E-state index in [0.717, 1.165) is 12.1 Å². The number of rotatable bonds is 6. The molecule has 0 saturated carbocycles. The van der Waals surface area contributed by atoms with Gasteiger partial charge in [-0.2, -0.15) is 0 Å². The summed E-state index contributed by atoms with van der Waals surface area (Å²) >= 11 is 0. The van der Waals surface area contributed by atoms with Crippen molar-refractivity contribution in [3.05, 3.63) is 35.4 Å². The molecule has 0 fully saturated rings. The zero-order valence-corrected chi connectivity index (χ0v) is 9.90. The zero-order valence-electron chi connectivity index (χ0n) is 9.90. The summed E-state index contributed by atoms with van der Waals surface area (Å²) in [7, 11) is 0. The molecule has 0 aromatic heterocycles. The van der Waals surface area contributed by atoms with E-state index in [1.807, 2.05) is 0 Å². The Balaban J connectivity index is 2.46. The van der Waals surface area contributed by atoms with Crippen molar-refractivity contribution in [2.45, 2.75) is 18.9 Å². The third-order valence-corrected chi connectivity index (χ3v) is 2.42. The molecule has 1 aromatic carbocycles. The van der Waals surface area contributed by atoms with Crippen molar-refractivity contribution < 1.29 is 28.6 Å². The summed E-state index contributed by atoms with van der Waals surface area (Å²) in [6.07, 6.45) is -2.24. The number of aliphatic hydroxyl groups is 1. The highest BCUT2D eigenvalue weighted by Gasteiger charge is 2.15. The maximum absolute atomic E-state index is 13.2. The largest absolute Gasteiger partial charge is 0.479 e. The van der Waals surface area contributed by atoms with Gasteiger partial charge in [0.1, 0.15) is 11.6 Å². The van der Waals surface area contributed by atoms with Crippen molar-refractivity contribution in [1.29, 1.82) is 0 Å². The van der Waals surface area contributed by atoms with E-state index in [0.29, 0.717) is 0 Å². The lowest BCUT2D eigenvalue weighted by atomic mass is 10.1. The molecular formula is C12H13F2NO4. The van der Waals surface area contributed by atoms with Crippen LogP contribution in [0.4, 0.5) is 8.78 Å². The molecule has 1 amide bonds. The molecule has 1 rings (SSSR count). The number of halogens is 2. The van der Waals surface area contributed by atoms with Crippen LogP contribution in [0.25, 0.3) is 0 Å². The van der Waals surface area contributed by atoms with E-state index in [-0.39, 0.29) is 18.5 Å². The second kappa shape index (κ2) is 6.79.